The maximum atomic E-state index is 12.6. The summed E-state index contributed by atoms with van der Waals surface area (Å²) in [6, 6.07) is 11.4. The summed E-state index contributed by atoms with van der Waals surface area (Å²) in [5, 5.41) is 3.56. The maximum Gasteiger partial charge on any atom is 0.229 e. The van der Waals surface area contributed by atoms with Crippen LogP contribution in [0.5, 0.6) is 0 Å². The van der Waals surface area contributed by atoms with Gasteiger partial charge < -0.3 is 10.2 Å². The molecule has 4 nitrogen and oxygen atoms in total. The van der Waals surface area contributed by atoms with E-state index in [-0.39, 0.29) is 24.2 Å². The number of carbonyl (C=O) groups is 2. The van der Waals surface area contributed by atoms with Crippen LogP contribution in [0, 0.1) is 26.7 Å². The van der Waals surface area contributed by atoms with Gasteiger partial charge in [-0.2, -0.15) is 0 Å². The number of nitrogens with one attached hydrogen (secondary N) is 1. The number of aryl methyl sites for hydroxylation is 2. The minimum Gasteiger partial charge on any atom is -0.326 e. The van der Waals surface area contributed by atoms with E-state index < -0.39 is 0 Å². The highest BCUT2D eigenvalue weighted by molar-refractivity contribution is 6.31. The second-order valence-electron chi connectivity index (χ2n) is 6.65. The number of hydrogen-bond acceptors (Lipinski definition) is 2. The summed E-state index contributed by atoms with van der Waals surface area (Å²) in [6.45, 7) is 6.24. The molecule has 130 valence electrons. The molecule has 0 radical (unpaired) electrons. The average Bonchev–Trinajstić information content (AvgIpc) is 2.91. The topological polar surface area (TPSA) is 49.4 Å². The molecular formula is C20H21ClN2O2. The summed E-state index contributed by atoms with van der Waals surface area (Å²) in [6.07, 6.45) is 0.211. The van der Waals surface area contributed by atoms with Gasteiger partial charge in [0.1, 0.15) is 0 Å². The van der Waals surface area contributed by atoms with Crippen LogP contribution in [0.15, 0.2) is 36.4 Å². The van der Waals surface area contributed by atoms with Crippen molar-refractivity contribution >= 4 is 34.8 Å². The minimum atomic E-state index is -0.369. The van der Waals surface area contributed by atoms with Crippen LogP contribution in [0.1, 0.15) is 23.1 Å². The molecule has 2 amide bonds. The molecule has 1 atom stereocenters. The van der Waals surface area contributed by atoms with Gasteiger partial charge in [0.05, 0.1) is 5.92 Å². The van der Waals surface area contributed by atoms with Crippen molar-refractivity contribution in [2.24, 2.45) is 5.92 Å². The van der Waals surface area contributed by atoms with E-state index >= 15 is 0 Å². The van der Waals surface area contributed by atoms with E-state index in [0.717, 1.165) is 28.1 Å². The zero-order chi connectivity index (χ0) is 18.1. The first-order chi connectivity index (χ1) is 11.8. The SMILES string of the molecule is Cc1cc(C)cc(NC(=O)[C@@H]2CC(=O)N(c3cccc(Cl)c3C)C2)c1. The molecule has 1 heterocycles. The molecule has 0 aliphatic carbocycles. The third kappa shape index (κ3) is 3.69. The molecule has 0 aromatic heterocycles. The van der Waals surface area contributed by atoms with Crippen molar-refractivity contribution < 1.29 is 9.59 Å². The van der Waals surface area contributed by atoms with Gasteiger partial charge in [-0.05, 0) is 61.7 Å². The summed E-state index contributed by atoms with van der Waals surface area (Å²) < 4.78 is 0. The Labute approximate surface area is 152 Å². The van der Waals surface area contributed by atoms with E-state index in [1.165, 1.54) is 0 Å². The van der Waals surface area contributed by atoms with Gasteiger partial charge in [0, 0.05) is 29.4 Å². The Balaban J connectivity index is 1.75. The molecule has 2 aromatic carbocycles. The molecule has 1 aliphatic heterocycles. The summed E-state index contributed by atoms with van der Waals surface area (Å²) in [5.74, 6) is -0.543. The lowest BCUT2D eigenvalue weighted by Gasteiger charge is -2.19. The molecule has 25 heavy (non-hydrogen) atoms. The zero-order valence-electron chi connectivity index (χ0n) is 14.6. The van der Waals surface area contributed by atoms with Crippen molar-refractivity contribution in [3.63, 3.8) is 0 Å². The van der Waals surface area contributed by atoms with Crippen LogP contribution in [0.4, 0.5) is 11.4 Å². The Morgan fingerprint density at radius 3 is 2.52 bits per heavy atom. The van der Waals surface area contributed by atoms with Gasteiger partial charge >= 0.3 is 0 Å². The van der Waals surface area contributed by atoms with Crippen LogP contribution in [-0.2, 0) is 9.59 Å². The predicted octanol–water partition coefficient (Wildman–Crippen LogP) is 4.26. The quantitative estimate of drug-likeness (QED) is 0.893. The molecule has 0 spiro atoms. The highest BCUT2D eigenvalue weighted by Gasteiger charge is 2.35. The first-order valence-corrected chi connectivity index (χ1v) is 8.67. The van der Waals surface area contributed by atoms with E-state index in [9.17, 15) is 9.59 Å². The van der Waals surface area contributed by atoms with Gasteiger partial charge in [-0.15, -0.1) is 0 Å². The van der Waals surface area contributed by atoms with Gasteiger partial charge in [0.2, 0.25) is 11.8 Å². The molecule has 0 bridgehead atoms. The lowest BCUT2D eigenvalue weighted by molar-refractivity contribution is -0.122. The Morgan fingerprint density at radius 1 is 1.16 bits per heavy atom. The molecule has 0 saturated carbocycles. The lowest BCUT2D eigenvalue weighted by Crippen LogP contribution is -2.28. The number of rotatable bonds is 3. The molecule has 3 rings (SSSR count). The van der Waals surface area contributed by atoms with E-state index in [1.54, 1.807) is 11.0 Å². The van der Waals surface area contributed by atoms with Crippen molar-refractivity contribution in [1.29, 1.82) is 0 Å². The molecule has 2 aromatic rings. The van der Waals surface area contributed by atoms with Crippen LogP contribution >= 0.6 is 11.6 Å². The van der Waals surface area contributed by atoms with Crippen molar-refractivity contribution in [3.8, 4) is 0 Å². The second kappa shape index (κ2) is 6.89. The van der Waals surface area contributed by atoms with Gasteiger partial charge in [-0.25, -0.2) is 0 Å². The molecule has 0 unspecified atom stereocenters. The summed E-state index contributed by atoms with van der Waals surface area (Å²) in [7, 11) is 0. The third-order valence-corrected chi connectivity index (χ3v) is 4.92. The summed E-state index contributed by atoms with van der Waals surface area (Å²) >= 11 is 6.16. The van der Waals surface area contributed by atoms with Crippen LogP contribution in [-0.4, -0.2) is 18.4 Å². The molecule has 1 saturated heterocycles. The largest absolute Gasteiger partial charge is 0.326 e. The van der Waals surface area contributed by atoms with E-state index in [2.05, 4.69) is 11.4 Å². The Bertz CT molecular complexity index is 827. The normalized spacial score (nSPS) is 17.0. The van der Waals surface area contributed by atoms with Crippen molar-refractivity contribution in [2.75, 3.05) is 16.8 Å². The standard InChI is InChI=1S/C20H21ClN2O2/c1-12-7-13(2)9-16(8-12)22-20(25)15-10-19(24)23(11-15)18-6-4-5-17(21)14(18)3/h4-9,15H,10-11H2,1-3H3,(H,22,25)/t15-/m1/s1. The van der Waals surface area contributed by atoms with Crippen molar-refractivity contribution in [2.45, 2.75) is 27.2 Å². The lowest BCUT2D eigenvalue weighted by atomic mass is 10.1. The fraction of sp³-hybridized carbons (Fsp3) is 0.300. The highest BCUT2D eigenvalue weighted by Crippen LogP contribution is 2.31. The molecule has 5 heteroatoms. The van der Waals surface area contributed by atoms with Gasteiger partial charge in [0.25, 0.3) is 0 Å². The fourth-order valence-corrected chi connectivity index (χ4v) is 3.47. The Morgan fingerprint density at radius 2 is 1.84 bits per heavy atom. The van der Waals surface area contributed by atoms with E-state index in [0.29, 0.717) is 11.6 Å². The van der Waals surface area contributed by atoms with E-state index in [4.69, 9.17) is 11.6 Å². The van der Waals surface area contributed by atoms with Crippen LogP contribution in [0.25, 0.3) is 0 Å². The minimum absolute atomic E-state index is 0.0501. The second-order valence-corrected chi connectivity index (χ2v) is 7.06. The molecular weight excluding hydrogens is 336 g/mol. The maximum absolute atomic E-state index is 12.6. The number of carbonyl (C=O) groups excluding carboxylic acids is 2. The smallest absolute Gasteiger partial charge is 0.229 e. The first kappa shape index (κ1) is 17.5. The number of hydrogen-bond donors (Lipinski definition) is 1. The van der Waals surface area contributed by atoms with Crippen molar-refractivity contribution in [3.05, 3.63) is 58.1 Å². The molecule has 1 fully saturated rings. The number of benzene rings is 2. The number of amides is 2. The Kier molecular flexibility index (Phi) is 4.82. The van der Waals surface area contributed by atoms with Gasteiger partial charge in [-0.3, -0.25) is 9.59 Å². The van der Waals surface area contributed by atoms with Gasteiger partial charge in [0.15, 0.2) is 0 Å². The molecule has 1 aliphatic rings. The monoisotopic (exact) mass is 356 g/mol. The third-order valence-electron chi connectivity index (χ3n) is 4.51. The van der Waals surface area contributed by atoms with Crippen molar-refractivity contribution in [1.82, 2.24) is 0 Å². The summed E-state index contributed by atoms with van der Waals surface area (Å²) in [5.41, 5.74) is 4.59. The first-order valence-electron chi connectivity index (χ1n) is 8.30. The summed E-state index contributed by atoms with van der Waals surface area (Å²) in [4.78, 5) is 26.7. The number of nitrogens with zero attached hydrogens (tertiary/aromatic N) is 1. The Hall–Kier alpha value is -2.33. The van der Waals surface area contributed by atoms with Crippen LogP contribution < -0.4 is 10.2 Å². The predicted molar refractivity (Wildman–Crippen MR) is 101 cm³/mol. The average molecular weight is 357 g/mol. The number of halogens is 1. The number of anilines is 2. The van der Waals surface area contributed by atoms with Crippen LogP contribution in [0.3, 0.4) is 0 Å². The molecule has 1 N–H and O–H groups in total. The van der Waals surface area contributed by atoms with E-state index in [1.807, 2.05) is 45.0 Å². The zero-order valence-corrected chi connectivity index (χ0v) is 15.4. The highest BCUT2D eigenvalue weighted by atomic mass is 35.5. The van der Waals surface area contributed by atoms with Gasteiger partial charge in [-0.1, -0.05) is 23.7 Å². The van der Waals surface area contributed by atoms with Crippen LogP contribution in [0.2, 0.25) is 5.02 Å². The fourth-order valence-electron chi connectivity index (χ4n) is 3.30.